The molecule has 0 spiro atoms. The first-order valence-corrected chi connectivity index (χ1v) is 5.87. The Bertz CT molecular complexity index is 682. The molecule has 10 heteroatoms. The lowest BCUT2D eigenvalue weighted by Crippen LogP contribution is -2.00. The van der Waals surface area contributed by atoms with Crippen LogP contribution in [0.15, 0.2) is 18.2 Å². The number of hydrogen-bond donors (Lipinski definition) is 0. The zero-order chi connectivity index (χ0) is 15.4. The lowest BCUT2D eigenvalue weighted by molar-refractivity contribution is -0.385. The van der Waals surface area contributed by atoms with Gasteiger partial charge in [0.05, 0.1) is 19.1 Å². The van der Waals surface area contributed by atoms with E-state index in [0.29, 0.717) is 5.75 Å². The molecule has 0 fully saturated rings. The van der Waals surface area contributed by atoms with Crippen molar-refractivity contribution in [3.05, 3.63) is 33.6 Å². The number of halogens is 1. The Morgan fingerprint density at radius 1 is 1.14 bits per heavy atom. The minimum Gasteiger partial charge on any atom is -0.497 e. The highest BCUT2D eigenvalue weighted by molar-refractivity contribution is 6.28. The third kappa shape index (κ3) is 3.45. The standard InChI is InChI=1S/C11H9ClN4O5/c1-19-6-3-4-7(16(17)18)8(5-6)21-11-14-9(12)13-10(15-11)20-2/h3-5H,1-2H3. The smallest absolute Gasteiger partial charge is 0.329 e. The van der Waals surface area contributed by atoms with Crippen molar-refractivity contribution in [3.8, 4) is 23.5 Å². The summed E-state index contributed by atoms with van der Waals surface area (Å²) in [4.78, 5) is 21.5. The predicted octanol–water partition coefficient (Wildman–Crippen LogP) is 2.24. The van der Waals surface area contributed by atoms with Gasteiger partial charge in [-0.25, -0.2) is 0 Å². The van der Waals surface area contributed by atoms with Crippen molar-refractivity contribution in [2.75, 3.05) is 14.2 Å². The summed E-state index contributed by atoms with van der Waals surface area (Å²) in [6.45, 7) is 0. The summed E-state index contributed by atoms with van der Waals surface area (Å²) < 4.78 is 15.1. The van der Waals surface area contributed by atoms with Crippen LogP contribution in [0.2, 0.25) is 5.28 Å². The number of nitro groups is 1. The van der Waals surface area contributed by atoms with E-state index in [4.69, 9.17) is 25.8 Å². The number of aromatic nitrogens is 3. The second-order valence-electron chi connectivity index (χ2n) is 3.57. The molecular formula is C11H9ClN4O5. The number of ether oxygens (including phenoxy) is 3. The minimum absolute atomic E-state index is 0.0736. The zero-order valence-electron chi connectivity index (χ0n) is 10.9. The Kier molecular flexibility index (Phi) is 4.33. The Morgan fingerprint density at radius 2 is 1.86 bits per heavy atom. The molecule has 1 aromatic carbocycles. The summed E-state index contributed by atoms with van der Waals surface area (Å²) in [7, 11) is 2.76. The Morgan fingerprint density at radius 3 is 2.48 bits per heavy atom. The van der Waals surface area contributed by atoms with E-state index in [1.54, 1.807) is 0 Å². The summed E-state index contributed by atoms with van der Waals surface area (Å²) in [5, 5.41) is 10.8. The van der Waals surface area contributed by atoms with Gasteiger partial charge in [0.25, 0.3) is 0 Å². The molecule has 0 aliphatic rings. The molecule has 0 amide bonds. The van der Waals surface area contributed by atoms with Gasteiger partial charge in [-0.05, 0) is 17.7 Å². The van der Waals surface area contributed by atoms with Crippen LogP contribution in [0.5, 0.6) is 23.5 Å². The van der Waals surface area contributed by atoms with Crippen molar-refractivity contribution in [1.29, 1.82) is 0 Å². The lowest BCUT2D eigenvalue weighted by atomic mass is 10.3. The van der Waals surface area contributed by atoms with E-state index in [1.165, 1.54) is 32.4 Å². The summed E-state index contributed by atoms with van der Waals surface area (Å²) >= 11 is 5.68. The van der Waals surface area contributed by atoms with E-state index in [0.717, 1.165) is 0 Å². The van der Waals surface area contributed by atoms with Crippen LogP contribution in [0.4, 0.5) is 5.69 Å². The molecule has 1 aromatic heterocycles. The van der Waals surface area contributed by atoms with Gasteiger partial charge in [0.15, 0.2) is 0 Å². The number of nitro benzene ring substituents is 1. The van der Waals surface area contributed by atoms with Crippen molar-refractivity contribution >= 4 is 17.3 Å². The summed E-state index contributed by atoms with van der Waals surface area (Å²) in [6, 6.07) is 3.71. The predicted molar refractivity (Wildman–Crippen MR) is 71.1 cm³/mol. The molecule has 0 aliphatic heterocycles. The monoisotopic (exact) mass is 312 g/mol. The van der Waals surface area contributed by atoms with Gasteiger partial charge < -0.3 is 14.2 Å². The number of benzene rings is 1. The summed E-state index contributed by atoms with van der Waals surface area (Å²) in [5.41, 5.74) is -0.272. The van der Waals surface area contributed by atoms with Crippen LogP contribution in [0.3, 0.4) is 0 Å². The molecule has 0 bridgehead atoms. The number of rotatable bonds is 5. The van der Waals surface area contributed by atoms with Crippen molar-refractivity contribution < 1.29 is 19.1 Å². The molecule has 0 saturated heterocycles. The fraction of sp³-hybridized carbons (Fsp3) is 0.182. The topological polar surface area (TPSA) is 110 Å². The maximum Gasteiger partial charge on any atom is 0.329 e. The van der Waals surface area contributed by atoms with Crippen LogP contribution in [0, 0.1) is 10.1 Å². The van der Waals surface area contributed by atoms with Crippen LogP contribution >= 0.6 is 11.6 Å². The van der Waals surface area contributed by atoms with E-state index in [9.17, 15) is 10.1 Å². The lowest BCUT2D eigenvalue weighted by Gasteiger charge is -2.07. The van der Waals surface area contributed by atoms with Crippen LogP contribution in [-0.2, 0) is 0 Å². The van der Waals surface area contributed by atoms with E-state index >= 15 is 0 Å². The first kappa shape index (κ1) is 14.7. The molecule has 0 N–H and O–H groups in total. The van der Waals surface area contributed by atoms with Gasteiger partial charge in [0.1, 0.15) is 5.75 Å². The largest absolute Gasteiger partial charge is 0.497 e. The Hall–Kier alpha value is -2.68. The fourth-order valence-corrected chi connectivity index (χ4v) is 1.55. The highest BCUT2D eigenvalue weighted by Crippen LogP contribution is 2.33. The molecule has 21 heavy (non-hydrogen) atoms. The molecule has 2 rings (SSSR count). The molecule has 0 radical (unpaired) electrons. The van der Waals surface area contributed by atoms with Gasteiger partial charge in [-0.3, -0.25) is 10.1 Å². The van der Waals surface area contributed by atoms with Crippen molar-refractivity contribution in [2.45, 2.75) is 0 Å². The quantitative estimate of drug-likeness (QED) is 0.610. The Balaban J connectivity index is 2.42. The zero-order valence-corrected chi connectivity index (χ0v) is 11.7. The molecule has 1 heterocycles. The van der Waals surface area contributed by atoms with Crippen LogP contribution in [0.1, 0.15) is 0 Å². The molecule has 0 unspecified atom stereocenters. The van der Waals surface area contributed by atoms with Gasteiger partial charge in [0, 0.05) is 12.1 Å². The second-order valence-corrected chi connectivity index (χ2v) is 3.90. The number of methoxy groups -OCH3 is 2. The van der Waals surface area contributed by atoms with Gasteiger partial charge >= 0.3 is 17.7 Å². The van der Waals surface area contributed by atoms with E-state index < -0.39 is 4.92 Å². The van der Waals surface area contributed by atoms with Gasteiger partial charge in [-0.2, -0.15) is 9.97 Å². The number of nitrogens with zero attached hydrogens (tertiary/aromatic N) is 4. The van der Waals surface area contributed by atoms with Gasteiger partial charge in [-0.15, -0.1) is 4.98 Å². The van der Waals surface area contributed by atoms with Crippen molar-refractivity contribution in [1.82, 2.24) is 15.0 Å². The first-order valence-electron chi connectivity index (χ1n) is 5.49. The maximum absolute atomic E-state index is 11.0. The minimum atomic E-state index is -0.602. The molecular weight excluding hydrogens is 304 g/mol. The molecule has 0 saturated carbocycles. The van der Waals surface area contributed by atoms with E-state index in [-0.39, 0.29) is 28.7 Å². The SMILES string of the molecule is COc1ccc([N+](=O)[O-])c(Oc2nc(Cl)nc(OC)n2)c1. The van der Waals surface area contributed by atoms with Gasteiger partial charge in [-0.1, -0.05) is 0 Å². The maximum atomic E-state index is 11.0. The van der Waals surface area contributed by atoms with Gasteiger partial charge in [0.2, 0.25) is 11.0 Å². The Labute approximate surface area is 123 Å². The normalized spacial score (nSPS) is 10.0. The molecule has 110 valence electrons. The first-order chi connectivity index (χ1) is 10.0. The average molecular weight is 313 g/mol. The third-order valence-corrected chi connectivity index (χ3v) is 2.48. The van der Waals surface area contributed by atoms with E-state index in [2.05, 4.69) is 15.0 Å². The van der Waals surface area contributed by atoms with Crippen LogP contribution in [-0.4, -0.2) is 34.1 Å². The van der Waals surface area contributed by atoms with Crippen molar-refractivity contribution in [2.24, 2.45) is 0 Å². The number of hydrogen-bond acceptors (Lipinski definition) is 8. The van der Waals surface area contributed by atoms with E-state index in [1.807, 2.05) is 0 Å². The fourth-order valence-electron chi connectivity index (χ4n) is 1.40. The molecule has 0 atom stereocenters. The summed E-state index contributed by atoms with van der Waals surface area (Å²) in [5.74, 6) is 0.284. The summed E-state index contributed by atoms with van der Waals surface area (Å²) in [6.07, 6.45) is 0. The molecule has 9 nitrogen and oxygen atoms in total. The molecule has 0 aliphatic carbocycles. The van der Waals surface area contributed by atoms with Crippen LogP contribution in [0.25, 0.3) is 0 Å². The van der Waals surface area contributed by atoms with Crippen LogP contribution < -0.4 is 14.2 Å². The highest BCUT2D eigenvalue weighted by Gasteiger charge is 2.19. The third-order valence-electron chi connectivity index (χ3n) is 2.31. The average Bonchev–Trinajstić information content (AvgIpc) is 2.46. The highest BCUT2D eigenvalue weighted by atomic mass is 35.5. The second kappa shape index (κ2) is 6.18. The molecule has 2 aromatic rings. The van der Waals surface area contributed by atoms with Crippen molar-refractivity contribution in [3.63, 3.8) is 0 Å².